The van der Waals surface area contributed by atoms with Crippen LogP contribution in [0.4, 0.5) is 60.5 Å². The van der Waals surface area contributed by atoms with E-state index >= 15 is 0 Å². The Hall–Kier alpha value is -5.24. The Morgan fingerprint density at radius 3 is 1.03 bits per heavy atom. The predicted molar refractivity (Wildman–Crippen MR) is 276 cm³/mol. The van der Waals surface area contributed by atoms with E-state index in [4.69, 9.17) is 7.26 Å². The van der Waals surface area contributed by atoms with E-state index in [1.54, 1.807) is 48.5 Å². The average Bonchev–Trinajstić information content (AvgIpc) is 3.30. The summed E-state index contributed by atoms with van der Waals surface area (Å²) in [5, 5.41) is 0. The molecule has 0 radical (unpaired) electrons. The molecule has 0 heterocycles. The van der Waals surface area contributed by atoms with Crippen molar-refractivity contribution in [3.63, 3.8) is 0 Å². The third-order valence-electron chi connectivity index (χ3n) is 11.2. The Morgan fingerprint density at radius 2 is 0.743 bits per heavy atom. The number of alkyl halides is 6. The summed E-state index contributed by atoms with van der Waals surface area (Å²) in [4.78, 5) is 4.46. The van der Waals surface area contributed by atoms with Crippen LogP contribution >= 0.6 is 20.6 Å². The van der Waals surface area contributed by atoms with Crippen LogP contribution in [0.2, 0.25) is 0 Å². The maximum atomic E-state index is 13.4. The fourth-order valence-electron chi connectivity index (χ4n) is 7.40. The van der Waals surface area contributed by atoms with Gasteiger partial charge in [0.25, 0.3) is 0 Å². The Kier molecular flexibility index (Phi) is 17.0. The number of halogens is 6. The lowest BCUT2D eigenvalue weighted by molar-refractivity contribution is -0.0500. The SMILES string of the molecule is CCCCc1ccc(N(c2ccc(/C=C/c3ccc(N(c4ccc(CCCC)cc4)c4cccc(S(C)(C)OS(=O)(=O)C(F)(F)F)c4)cc3)cc2)c2cccc(S(C)(C)OS(=O)(=O)C(F)(F)F)c2)cc1. The van der Waals surface area contributed by atoms with Crippen molar-refractivity contribution in [1.29, 1.82) is 0 Å². The topological polar surface area (TPSA) is 93.2 Å². The van der Waals surface area contributed by atoms with Gasteiger partial charge < -0.3 is 9.80 Å². The highest BCUT2D eigenvalue weighted by Gasteiger charge is 2.51. The zero-order valence-corrected chi connectivity index (χ0v) is 42.8. The molecule has 0 fully saturated rings. The second-order valence-corrected chi connectivity index (χ2v) is 26.8. The monoisotopic (exact) mass is 1050 g/mol. The van der Waals surface area contributed by atoms with Gasteiger partial charge in [-0.2, -0.15) is 43.2 Å². The second-order valence-electron chi connectivity index (χ2n) is 17.1. The van der Waals surface area contributed by atoms with Gasteiger partial charge in [0, 0.05) is 43.9 Å². The van der Waals surface area contributed by atoms with Crippen molar-refractivity contribution >= 4 is 87.1 Å². The zero-order chi connectivity index (χ0) is 51.1. The maximum Gasteiger partial charge on any atom is 0.523 e. The Bertz CT molecular complexity index is 2760. The van der Waals surface area contributed by atoms with Crippen molar-refractivity contribution in [1.82, 2.24) is 0 Å². The van der Waals surface area contributed by atoms with E-state index in [0.717, 1.165) is 83.5 Å². The molecule has 0 aliphatic heterocycles. The Balaban J connectivity index is 1.30. The molecular weight excluding hydrogens is 991 g/mol. The van der Waals surface area contributed by atoms with Crippen LogP contribution in [0.5, 0.6) is 0 Å². The molecular formula is C52H56F6N2O6S4. The van der Waals surface area contributed by atoms with Crippen molar-refractivity contribution in [3.8, 4) is 0 Å². The number of hydrogen-bond donors (Lipinski definition) is 0. The molecule has 0 saturated carbocycles. The van der Waals surface area contributed by atoms with Crippen LogP contribution in [-0.2, 0) is 40.3 Å². The summed E-state index contributed by atoms with van der Waals surface area (Å²) in [6, 6.07) is 44.7. The summed E-state index contributed by atoms with van der Waals surface area (Å²) in [7, 11) is -17.6. The first-order valence-electron chi connectivity index (χ1n) is 22.2. The van der Waals surface area contributed by atoms with Crippen molar-refractivity contribution in [2.75, 3.05) is 34.8 Å². The van der Waals surface area contributed by atoms with Gasteiger partial charge in [0.15, 0.2) is 0 Å². The first-order valence-corrected chi connectivity index (χ1v) is 29.8. The van der Waals surface area contributed by atoms with Gasteiger partial charge in [-0.05, 0) is 158 Å². The number of rotatable bonds is 20. The molecule has 0 aliphatic carbocycles. The molecule has 70 heavy (non-hydrogen) atoms. The first-order chi connectivity index (χ1) is 32.8. The standard InChI is InChI=1S/C52H56F6N2O6S4/c1-7-9-13-39-21-29-43(30-22-39)59(47-15-11-17-49(37-47)67(3,4)65-69(61,62)51(53,54)55)45-33-25-41(26-34-45)19-20-42-27-35-46(36-28-42)60(44-31-23-40(24-32-44)14-10-8-2)48-16-12-18-50(38-48)68(5,6)66-70(63,64)52(56,57)58/h11-12,15-38H,7-10,13-14H2,1-6H3/b20-19+. The molecule has 0 spiro atoms. The van der Waals surface area contributed by atoms with Crippen molar-refractivity contribution < 1.29 is 50.4 Å². The molecule has 6 aromatic carbocycles. The number of nitrogens with zero attached hydrogens (tertiary/aromatic N) is 2. The maximum absolute atomic E-state index is 13.4. The van der Waals surface area contributed by atoms with E-state index in [0.29, 0.717) is 21.2 Å². The summed E-state index contributed by atoms with van der Waals surface area (Å²) in [6.07, 6.45) is 15.2. The van der Waals surface area contributed by atoms with Crippen LogP contribution in [0.25, 0.3) is 12.2 Å². The number of anilines is 6. The predicted octanol–water partition coefficient (Wildman–Crippen LogP) is 15.9. The number of unbranched alkanes of at least 4 members (excludes halogenated alkanes) is 2. The Morgan fingerprint density at radius 1 is 0.443 bits per heavy atom. The summed E-state index contributed by atoms with van der Waals surface area (Å²) in [5.41, 5.74) is -2.95. The van der Waals surface area contributed by atoms with E-state index in [1.807, 2.05) is 119 Å². The molecule has 8 nitrogen and oxygen atoms in total. The van der Waals surface area contributed by atoms with E-state index in [9.17, 15) is 43.2 Å². The van der Waals surface area contributed by atoms with Gasteiger partial charge >= 0.3 is 31.3 Å². The van der Waals surface area contributed by atoms with Crippen LogP contribution in [0.15, 0.2) is 155 Å². The number of benzene rings is 6. The van der Waals surface area contributed by atoms with Gasteiger partial charge in [-0.25, -0.2) is 7.26 Å². The lowest BCUT2D eigenvalue weighted by Crippen LogP contribution is -2.26. The fourth-order valence-corrected chi connectivity index (χ4v) is 13.9. The Labute approximate surface area is 411 Å². The van der Waals surface area contributed by atoms with Gasteiger partial charge in [0.2, 0.25) is 0 Å². The summed E-state index contributed by atoms with van der Waals surface area (Å²) in [5.74, 6) is 0. The largest absolute Gasteiger partial charge is 0.523 e. The van der Waals surface area contributed by atoms with Crippen molar-refractivity contribution in [2.45, 2.75) is 73.2 Å². The van der Waals surface area contributed by atoms with Gasteiger partial charge in [-0.1, -0.05) is 120 Å². The quantitative estimate of drug-likeness (QED) is 0.0424. The minimum Gasteiger partial charge on any atom is -0.310 e. The van der Waals surface area contributed by atoms with E-state index in [1.165, 1.54) is 25.0 Å². The third-order valence-corrected chi connectivity index (χ3v) is 19.2. The van der Waals surface area contributed by atoms with Crippen LogP contribution in [-0.4, -0.2) is 52.9 Å². The molecule has 0 atom stereocenters. The molecule has 6 rings (SSSR count). The minimum atomic E-state index is -5.86. The smallest absolute Gasteiger partial charge is 0.310 e. The molecule has 0 amide bonds. The highest BCUT2D eigenvalue weighted by Crippen LogP contribution is 2.56. The molecule has 0 aromatic heterocycles. The van der Waals surface area contributed by atoms with Crippen LogP contribution in [0.3, 0.4) is 0 Å². The number of hydrogen-bond acceptors (Lipinski definition) is 8. The second kappa shape index (κ2) is 22.0. The minimum absolute atomic E-state index is 0.293. The molecule has 0 saturated heterocycles. The van der Waals surface area contributed by atoms with E-state index in [2.05, 4.69) is 13.8 Å². The lowest BCUT2D eigenvalue weighted by atomic mass is 10.1. The van der Waals surface area contributed by atoms with Gasteiger partial charge in [-0.3, -0.25) is 0 Å². The normalized spacial score (nSPS) is 13.4. The molecule has 0 bridgehead atoms. The molecule has 0 N–H and O–H groups in total. The fraction of sp³-hybridized carbons (Fsp3) is 0.269. The van der Waals surface area contributed by atoms with Gasteiger partial charge in [0.05, 0.1) is 0 Å². The number of aryl methyl sites for hydroxylation is 2. The molecule has 18 heteroatoms. The van der Waals surface area contributed by atoms with Gasteiger partial charge in [0.1, 0.15) is 0 Å². The van der Waals surface area contributed by atoms with Crippen LogP contribution < -0.4 is 9.80 Å². The van der Waals surface area contributed by atoms with Gasteiger partial charge in [-0.15, -0.1) is 0 Å². The van der Waals surface area contributed by atoms with Crippen LogP contribution in [0.1, 0.15) is 61.8 Å². The highest BCUT2D eigenvalue weighted by molar-refractivity contribution is 8.32. The lowest BCUT2D eigenvalue weighted by Gasteiger charge is -2.32. The van der Waals surface area contributed by atoms with E-state index < -0.39 is 51.9 Å². The molecule has 376 valence electrons. The summed E-state index contributed by atoms with van der Waals surface area (Å²) in [6.45, 7) is 4.24. The zero-order valence-electron chi connectivity index (χ0n) is 39.5. The van der Waals surface area contributed by atoms with Crippen molar-refractivity contribution in [3.05, 3.63) is 168 Å². The van der Waals surface area contributed by atoms with Crippen LogP contribution in [0, 0.1) is 0 Å². The molecule has 6 aromatic rings. The molecule has 0 aliphatic rings. The average molecular weight is 1050 g/mol. The molecule has 0 unspecified atom stereocenters. The van der Waals surface area contributed by atoms with E-state index in [-0.39, 0.29) is 0 Å². The highest BCUT2D eigenvalue weighted by atomic mass is 32.3. The third kappa shape index (κ3) is 13.4. The summed E-state index contributed by atoms with van der Waals surface area (Å²) >= 11 is 0. The first kappa shape index (κ1) is 54.1. The van der Waals surface area contributed by atoms with Crippen molar-refractivity contribution in [2.24, 2.45) is 0 Å². The summed E-state index contributed by atoms with van der Waals surface area (Å²) < 4.78 is 138.